The highest BCUT2D eigenvalue weighted by atomic mass is 16.1. The summed E-state index contributed by atoms with van der Waals surface area (Å²) >= 11 is 0. The molecule has 64 valence electrons. The molecule has 1 aromatic carbocycles. The second-order valence-electron chi connectivity index (χ2n) is 3.08. The van der Waals surface area contributed by atoms with Crippen LogP contribution in [0.15, 0.2) is 18.2 Å². The summed E-state index contributed by atoms with van der Waals surface area (Å²) in [6.07, 6.45) is 2.49. The first-order valence-corrected chi connectivity index (χ1v) is 4.24. The highest BCUT2D eigenvalue weighted by molar-refractivity contribution is 5.50. The average Bonchev–Trinajstić information content (AvgIpc) is 2.04. The number of carbonyl (C=O) groups is 1. The molecular formula is C11H14O. The lowest BCUT2D eigenvalue weighted by Crippen LogP contribution is -1.93. The van der Waals surface area contributed by atoms with Crippen LogP contribution in [0.5, 0.6) is 0 Å². The summed E-state index contributed by atoms with van der Waals surface area (Å²) < 4.78 is 0. The standard InChI is InChI=1S/C11H14O/c1-9-5-3-6-10(2)11(9)7-4-8-12/h3,5-6,8H,4,7H2,1-2H3. The SMILES string of the molecule is Cc1cccc(C)c1CCC=O. The molecule has 1 rings (SSSR count). The summed E-state index contributed by atoms with van der Waals surface area (Å²) in [6.45, 7) is 4.18. The minimum Gasteiger partial charge on any atom is -0.303 e. The first-order chi connectivity index (χ1) is 5.75. The van der Waals surface area contributed by atoms with Crippen LogP contribution in [0.1, 0.15) is 23.1 Å². The number of benzene rings is 1. The fourth-order valence-electron chi connectivity index (χ4n) is 1.45. The van der Waals surface area contributed by atoms with E-state index in [1.165, 1.54) is 16.7 Å². The molecular weight excluding hydrogens is 148 g/mol. The Morgan fingerprint density at radius 1 is 1.25 bits per heavy atom. The quantitative estimate of drug-likeness (QED) is 0.624. The van der Waals surface area contributed by atoms with Gasteiger partial charge in [-0.3, -0.25) is 0 Å². The molecule has 0 N–H and O–H groups in total. The molecule has 12 heavy (non-hydrogen) atoms. The van der Waals surface area contributed by atoms with Gasteiger partial charge in [0, 0.05) is 6.42 Å². The summed E-state index contributed by atoms with van der Waals surface area (Å²) in [6, 6.07) is 6.23. The first kappa shape index (κ1) is 8.98. The van der Waals surface area contributed by atoms with Crippen molar-refractivity contribution in [2.75, 3.05) is 0 Å². The Morgan fingerprint density at radius 2 is 1.83 bits per heavy atom. The monoisotopic (exact) mass is 162 g/mol. The van der Waals surface area contributed by atoms with Gasteiger partial charge in [-0.15, -0.1) is 0 Å². The van der Waals surface area contributed by atoms with Crippen molar-refractivity contribution >= 4 is 6.29 Å². The van der Waals surface area contributed by atoms with E-state index in [1.54, 1.807) is 0 Å². The molecule has 0 radical (unpaired) electrons. The number of aldehydes is 1. The predicted octanol–water partition coefficient (Wildman–Crippen LogP) is 2.43. The molecule has 1 aromatic rings. The van der Waals surface area contributed by atoms with Crippen molar-refractivity contribution < 1.29 is 4.79 Å². The Balaban J connectivity index is 2.88. The Kier molecular flexibility index (Phi) is 3.03. The largest absolute Gasteiger partial charge is 0.303 e. The van der Waals surface area contributed by atoms with Crippen LogP contribution in [-0.2, 0) is 11.2 Å². The zero-order chi connectivity index (χ0) is 8.97. The van der Waals surface area contributed by atoms with Gasteiger partial charge in [-0.1, -0.05) is 18.2 Å². The zero-order valence-corrected chi connectivity index (χ0v) is 7.63. The molecule has 0 saturated heterocycles. The van der Waals surface area contributed by atoms with Gasteiger partial charge in [-0.2, -0.15) is 0 Å². The average molecular weight is 162 g/mol. The summed E-state index contributed by atoms with van der Waals surface area (Å²) in [5.41, 5.74) is 3.90. The third-order valence-corrected chi connectivity index (χ3v) is 2.16. The fourth-order valence-corrected chi connectivity index (χ4v) is 1.45. The lowest BCUT2D eigenvalue weighted by molar-refractivity contribution is -0.107. The lowest BCUT2D eigenvalue weighted by Gasteiger charge is -2.06. The van der Waals surface area contributed by atoms with Crippen molar-refractivity contribution in [3.8, 4) is 0 Å². The Morgan fingerprint density at radius 3 is 2.33 bits per heavy atom. The molecule has 0 aliphatic carbocycles. The normalized spacial score (nSPS) is 9.83. The zero-order valence-electron chi connectivity index (χ0n) is 7.63. The second kappa shape index (κ2) is 4.05. The van der Waals surface area contributed by atoms with E-state index in [4.69, 9.17) is 0 Å². The van der Waals surface area contributed by atoms with E-state index in [9.17, 15) is 4.79 Å². The smallest absolute Gasteiger partial charge is 0.120 e. The maximum atomic E-state index is 10.2. The summed E-state index contributed by atoms with van der Waals surface area (Å²) in [5.74, 6) is 0. The van der Waals surface area contributed by atoms with Gasteiger partial charge in [0.15, 0.2) is 0 Å². The van der Waals surface area contributed by atoms with Gasteiger partial charge in [0.2, 0.25) is 0 Å². The van der Waals surface area contributed by atoms with Crippen LogP contribution in [0.4, 0.5) is 0 Å². The minimum atomic E-state index is 0.631. The van der Waals surface area contributed by atoms with Crippen molar-refractivity contribution in [3.05, 3.63) is 34.9 Å². The minimum absolute atomic E-state index is 0.631. The third kappa shape index (κ3) is 1.94. The Labute approximate surface area is 73.4 Å². The number of hydrogen-bond donors (Lipinski definition) is 0. The molecule has 0 spiro atoms. The van der Waals surface area contributed by atoms with E-state index in [-0.39, 0.29) is 0 Å². The van der Waals surface area contributed by atoms with Crippen LogP contribution >= 0.6 is 0 Å². The number of rotatable bonds is 3. The van der Waals surface area contributed by atoms with E-state index in [0.717, 1.165) is 12.7 Å². The molecule has 0 aliphatic heterocycles. The molecule has 0 amide bonds. The fraction of sp³-hybridized carbons (Fsp3) is 0.364. The van der Waals surface area contributed by atoms with Crippen LogP contribution in [0.25, 0.3) is 0 Å². The molecule has 0 atom stereocenters. The second-order valence-corrected chi connectivity index (χ2v) is 3.08. The van der Waals surface area contributed by atoms with E-state index in [2.05, 4.69) is 32.0 Å². The van der Waals surface area contributed by atoms with Gasteiger partial charge in [-0.25, -0.2) is 0 Å². The van der Waals surface area contributed by atoms with Gasteiger partial charge >= 0.3 is 0 Å². The summed E-state index contributed by atoms with van der Waals surface area (Å²) in [5, 5.41) is 0. The van der Waals surface area contributed by atoms with Crippen LogP contribution in [0.3, 0.4) is 0 Å². The molecule has 0 aromatic heterocycles. The Bertz CT molecular complexity index is 256. The van der Waals surface area contributed by atoms with Crippen LogP contribution in [-0.4, -0.2) is 6.29 Å². The first-order valence-electron chi connectivity index (χ1n) is 4.24. The molecule has 0 saturated carbocycles. The molecule has 0 fully saturated rings. The molecule has 1 heteroatoms. The number of carbonyl (C=O) groups excluding carboxylic acids is 1. The van der Waals surface area contributed by atoms with Crippen molar-refractivity contribution in [3.63, 3.8) is 0 Å². The topological polar surface area (TPSA) is 17.1 Å². The highest BCUT2D eigenvalue weighted by Gasteiger charge is 2.00. The van der Waals surface area contributed by atoms with Crippen LogP contribution in [0, 0.1) is 13.8 Å². The van der Waals surface area contributed by atoms with E-state index < -0.39 is 0 Å². The Hall–Kier alpha value is -1.11. The van der Waals surface area contributed by atoms with E-state index in [1.807, 2.05) is 0 Å². The molecule has 0 heterocycles. The van der Waals surface area contributed by atoms with Gasteiger partial charge in [0.1, 0.15) is 6.29 Å². The van der Waals surface area contributed by atoms with Crippen LogP contribution in [0.2, 0.25) is 0 Å². The molecule has 0 bridgehead atoms. The third-order valence-electron chi connectivity index (χ3n) is 2.16. The maximum absolute atomic E-state index is 10.2. The van der Waals surface area contributed by atoms with Crippen molar-refractivity contribution in [2.24, 2.45) is 0 Å². The van der Waals surface area contributed by atoms with E-state index >= 15 is 0 Å². The lowest BCUT2D eigenvalue weighted by atomic mass is 9.99. The summed E-state index contributed by atoms with van der Waals surface area (Å²) in [7, 11) is 0. The number of hydrogen-bond acceptors (Lipinski definition) is 1. The van der Waals surface area contributed by atoms with Crippen LogP contribution < -0.4 is 0 Å². The number of aryl methyl sites for hydroxylation is 2. The molecule has 0 aliphatic rings. The maximum Gasteiger partial charge on any atom is 0.120 e. The van der Waals surface area contributed by atoms with Crippen molar-refractivity contribution in [1.29, 1.82) is 0 Å². The molecule has 0 unspecified atom stereocenters. The van der Waals surface area contributed by atoms with Gasteiger partial charge in [0.05, 0.1) is 0 Å². The van der Waals surface area contributed by atoms with Gasteiger partial charge in [0.25, 0.3) is 0 Å². The molecule has 1 nitrogen and oxygen atoms in total. The predicted molar refractivity (Wildman–Crippen MR) is 50.3 cm³/mol. The van der Waals surface area contributed by atoms with E-state index in [0.29, 0.717) is 6.42 Å². The van der Waals surface area contributed by atoms with Crippen molar-refractivity contribution in [1.82, 2.24) is 0 Å². The highest BCUT2D eigenvalue weighted by Crippen LogP contribution is 2.14. The van der Waals surface area contributed by atoms with Crippen molar-refractivity contribution in [2.45, 2.75) is 26.7 Å². The van der Waals surface area contributed by atoms with Gasteiger partial charge in [-0.05, 0) is 37.0 Å². The van der Waals surface area contributed by atoms with Gasteiger partial charge < -0.3 is 4.79 Å². The summed E-state index contributed by atoms with van der Waals surface area (Å²) in [4.78, 5) is 10.2.